The van der Waals surface area contributed by atoms with Gasteiger partial charge < -0.3 is 4.90 Å². The second kappa shape index (κ2) is 5.79. The molecule has 0 aliphatic rings. The molecule has 7 heteroatoms. The van der Waals surface area contributed by atoms with Gasteiger partial charge in [-0.2, -0.15) is 0 Å². The Balaban J connectivity index is 2.04. The zero-order valence-electron chi connectivity index (χ0n) is 10.7. The maximum atomic E-state index is 12.1. The number of likely N-dealkylation sites (N-methyl/N-ethyl adjacent to an activating group) is 1. The molecule has 0 aliphatic carbocycles. The molecular weight excluding hydrogens is 266 g/mol. The Hall–Kier alpha value is -1.95. The van der Waals surface area contributed by atoms with Gasteiger partial charge in [-0.05, 0) is 35.0 Å². The molecule has 19 heavy (non-hydrogen) atoms. The lowest BCUT2D eigenvalue weighted by atomic mass is 10.1. The van der Waals surface area contributed by atoms with Crippen LogP contribution in [0.4, 0.5) is 0 Å². The lowest BCUT2D eigenvalue weighted by Gasteiger charge is -2.25. The van der Waals surface area contributed by atoms with Crippen LogP contribution >= 0.6 is 11.6 Å². The molecule has 2 aromatic rings. The summed E-state index contributed by atoms with van der Waals surface area (Å²) in [7, 11) is 1.76. The summed E-state index contributed by atoms with van der Waals surface area (Å²) in [5, 5.41) is 11.3. The molecule has 100 valence electrons. The third-order valence-corrected chi connectivity index (χ3v) is 3.27. The fourth-order valence-electron chi connectivity index (χ4n) is 1.68. The lowest BCUT2D eigenvalue weighted by molar-refractivity contribution is -0.132. The minimum absolute atomic E-state index is 0.0405. The van der Waals surface area contributed by atoms with Gasteiger partial charge in [-0.1, -0.05) is 23.7 Å². The standard InChI is InChI=1S/C12H14ClN5O/c1-9(10-3-5-11(13)6-4-10)17(2)12(19)7-18-8-14-15-16-18/h3-6,8-9H,7H2,1-2H3. The van der Waals surface area contributed by atoms with Crippen molar-refractivity contribution in [2.75, 3.05) is 7.05 Å². The van der Waals surface area contributed by atoms with Crippen LogP contribution in [0.25, 0.3) is 0 Å². The first-order valence-electron chi connectivity index (χ1n) is 5.80. The van der Waals surface area contributed by atoms with Crippen molar-refractivity contribution < 1.29 is 4.79 Å². The zero-order valence-corrected chi connectivity index (χ0v) is 11.4. The number of rotatable bonds is 4. The highest BCUT2D eigenvalue weighted by Crippen LogP contribution is 2.20. The summed E-state index contributed by atoms with van der Waals surface area (Å²) in [6.45, 7) is 2.09. The number of hydrogen-bond donors (Lipinski definition) is 0. The number of hydrogen-bond acceptors (Lipinski definition) is 4. The van der Waals surface area contributed by atoms with Crippen LogP contribution in [0.5, 0.6) is 0 Å². The Morgan fingerprint density at radius 3 is 2.68 bits per heavy atom. The number of halogens is 1. The second-order valence-electron chi connectivity index (χ2n) is 4.24. The molecule has 1 amide bonds. The van der Waals surface area contributed by atoms with Crippen molar-refractivity contribution in [2.24, 2.45) is 0 Å². The molecule has 0 radical (unpaired) electrons. The van der Waals surface area contributed by atoms with Gasteiger partial charge in [0.15, 0.2) is 0 Å². The van der Waals surface area contributed by atoms with Crippen LogP contribution in [-0.2, 0) is 11.3 Å². The highest BCUT2D eigenvalue weighted by atomic mass is 35.5. The van der Waals surface area contributed by atoms with E-state index in [-0.39, 0.29) is 18.5 Å². The Bertz CT molecular complexity index is 540. The van der Waals surface area contributed by atoms with E-state index in [0.29, 0.717) is 5.02 Å². The molecule has 0 spiro atoms. The van der Waals surface area contributed by atoms with E-state index in [0.717, 1.165) is 5.56 Å². The maximum Gasteiger partial charge on any atom is 0.244 e. The van der Waals surface area contributed by atoms with Gasteiger partial charge in [0.2, 0.25) is 5.91 Å². The van der Waals surface area contributed by atoms with E-state index in [9.17, 15) is 4.79 Å². The first-order chi connectivity index (χ1) is 9.08. The third kappa shape index (κ3) is 3.29. The van der Waals surface area contributed by atoms with Crippen LogP contribution in [0.2, 0.25) is 5.02 Å². The van der Waals surface area contributed by atoms with Gasteiger partial charge in [-0.15, -0.1) is 5.10 Å². The zero-order chi connectivity index (χ0) is 13.8. The average Bonchev–Trinajstić information content (AvgIpc) is 2.90. The van der Waals surface area contributed by atoms with E-state index < -0.39 is 0 Å². The van der Waals surface area contributed by atoms with Crippen LogP contribution in [-0.4, -0.2) is 38.1 Å². The molecule has 0 bridgehead atoms. The highest BCUT2D eigenvalue weighted by molar-refractivity contribution is 6.30. The molecule has 1 heterocycles. The summed E-state index contributed by atoms with van der Waals surface area (Å²) in [5.74, 6) is -0.0604. The molecule has 1 atom stereocenters. The van der Waals surface area contributed by atoms with Gasteiger partial charge in [-0.3, -0.25) is 4.79 Å². The molecule has 0 aliphatic heterocycles. The van der Waals surface area contributed by atoms with Crippen LogP contribution in [0.3, 0.4) is 0 Å². The van der Waals surface area contributed by atoms with Crippen molar-refractivity contribution in [2.45, 2.75) is 19.5 Å². The summed E-state index contributed by atoms with van der Waals surface area (Å²) in [6, 6.07) is 7.41. The Kier molecular flexibility index (Phi) is 4.11. The predicted octanol–water partition coefficient (Wildman–Crippen LogP) is 1.55. The van der Waals surface area contributed by atoms with Crippen LogP contribution < -0.4 is 0 Å². The first kappa shape index (κ1) is 13.5. The smallest absolute Gasteiger partial charge is 0.244 e. The number of tetrazole rings is 1. The molecule has 1 aromatic carbocycles. The van der Waals surface area contributed by atoms with E-state index in [1.807, 2.05) is 31.2 Å². The lowest BCUT2D eigenvalue weighted by Crippen LogP contribution is -2.32. The summed E-state index contributed by atoms with van der Waals surface area (Å²) < 4.78 is 1.40. The molecule has 6 nitrogen and oxygen atoms in total. The van der Waals surface area contributed by atoms with Crippen molar-refractivity contribution in [3.8, 4) is 0 Å². The van der Waals surface area contributed by atoms with Crippen molar-refractivity contribution in [1.82, 2.24) is 25.1 Å². The van der Waals surface area contributed by atoms with Gasteiger partial charge in [0.25, 0.3) is 0 Å². The Labute approximate surface area is 116 Å². The number of carbonyl (C=O) groups excluding carboxylic acids is 1. The number of amides is 1. The number of benzene rings is 1. The maximum absolute atomic E-state index is 12.1. The molecule has 1 aromatic heterocycles. The molecule has 0 N–H and O–H groups in total. The van der Waals surface area contributed by atoms with Crippen molar-refractivity contribution >= 4 is 17.5 Å². The monoisotopic (exact) mass is 279 g/mol. The first-order valence-corrected chi connectivity index (χ1v) is 6.17. The minimum Gasteiger partial charge on any atom is -0.337 e. The predicted molar refractivity (Wildman–Crippen MR) is 70.5 cm³/mol. The van der Waals surface area contributed by atoms with Crippen LogP contribution in [0.15, 0.2) is 30.6 Å². The van der Waals surface area contributed by atoms with E-state index in [2.05, 4.69) is 15.5 Å². The largest absolute Gasteiger partial charge is 0.337 e. The summed E-state index contributed by atoms with van der Waals surface area (Å²) in [5.41, 5.74) is 1.02. The van der Waals surface area contributed by atoms with E-state index in [4.69, 9.17) is 11.6 Å². The van der Waals surface area contributed by atoms with Crippen LogP contribution in [0.1, 0.15) is 18.5 Å². The van der Waals surface area contributed by atoms with Gasteiger partial charge >= 0.3 is 0 Å². The third-order valence-electron chi connectivity index (χ3n) is 3.02. The molecule has 1 unspecified atom stereocenters. The fraction of sp³-hybridized carbons (Fsp3) is 0.333. The summed E-state index contributed by atoms with van der Waals surface area (Å²) in [6.07, 6.45) is 1.42. The number of carbonyl (C=O) groups is 1. The molecule has 0 saturated heterocycles. The second-order valence-corrected chi connectivity index (χ2v) is 4.68. The highest BCUT2D eigenvalue weighted by Gasteiger charge is 2.17. The average molecular weight is 280 g/mol. The van der Waals surface area contributed by atoms with Gasteiger partial charge in [-0.25, -0.2) is 4.68 Å². The molecule has 0 fully saturated rings. The van der Waals surface area contributed by atoms with Crippen molar-refractivity contribution in [3.05, 3.63) is 41.2 Å². The van der Waals surface area contributed by atoms with Crippen LogP contribution in [0, 0.1) is 0 Å². The van der Waals surface area contributed by atoms with Crippen molar-refractivity contribution in [3.63, 3.8) is 0 Å². The van der Waals surface area contributed by atoms with Gasteiger partial charge in [0.05, 0.1) is 6.04 Å². The Morgan fingerprint density at radius 2 is 2.11 bits per heavy atom. The molecule has 0 saturated carbocycles. The fourth-order valence-corrected chi connectivity index (χ4v) is 1.81. The van der Waals surface area contributed by atoms with Crippen molar-refractivity contribution in [1.29, 1.82) is 0 Å². The topological polar surface area (TPSA) is 63.9 Å². The SMILES string of the molecule is CC(c1ccc(Cl)cc1)N(C)C(=O)Cn1cnnn1. The quantitative estimate of drug-likeness (QED) is 0.852. The van der Waals surface area contributed by atoms with E-state index in [1.54, 1.807) is 11.9 Å². The van der Waals surface area contributed by atoms with Gasteiger partial charge in [0.1, 0.15) is 12.9 Å². The summed E-state index contributed by atoms with van der Waals surface area (Å²) >= 11 is 5.85. The molecular formula is C12H14ClN5O. The number of nitrogens with zero attached hydrogens (tertiary/aromatic N) is 5. The van der Waals surface area contributed by atoms with E-state index >= 15 is 0 Å². The summed E-state index contributed by atoms with van der Waals surface area (Å²) in [4.78, 5) is 13.7. The normalized spacial score (nSPS) is 12.2. The Morgan fingerprint density at radius 1 is 1.42 bits per heavy atom. The minimum atomic E-state index is -0.0604. The van der Waals surface area contributed by atoms with Gasteiger partial charge in [0, 0.05) is 12.1 Å². The van der Waals surface area contributed by atoms with E-state index in [1.165, 1.54) is 11.0 Å². The molecule has 2 rings (SSSR count). The number of aromatic nitrogens is 4.